The molecule has 4 rings (SSSR count). The Kier molecular flexibility index (Phi) is 3.31. The van der Waals surface area contributed by atoms with E-state index in [0.717, 1.165) is 37.5 Å². The van der Waals surface area contributed by atoms with Crippen molar-refractivity contribution in [3.05, 3.63) is 48.5 Å². The van der Waals surface area contributed by atoms with Crippen LogP contribution in [-0.2, 0) is 13.6 Å². The van der Waals surface area contributed by atoms with E-state index in [1.54, 1.807) is 10.7 Å². The number of fused-ring (bicyclic) bond motifs is 1. The van der Waals surface area contributed by atoms with E-state index in [1.807, 2.05) is 18.3 Å². The number of hydrogen-bond donors (Lipinski definition) is 1. The molecule has 0 saturated carbocycles. The number of nitrogens with one attached hydrogen (secondary N) is 1. The van der Waals surface area contributed by atoms with Gasteiger partial charge in [-0.25, -0.2) is 9.50 Å². The summed E-state index contributed by atoms with van der Waals surface area (Å²) in [6, 6.07) is 6.64. The average molecular weight is 296 g/mol. The number of hydrogen-bond acceptors (Lipinski definition) is 4. The molecule has 1 atom stereocenters. The molecule has 1 aliphatic rings. The van der Waals surface area contributed by atoms with Gasteiger partial charge in [0.1, 0.15) is 5.82 Å². The van der Waals surface area contributed by atoms with Crippen molar-refractivity contribution >= 4 is 11.5 Å². The maximum Gasteiger partial charge on any atom is 0.153 e. The fourth-order valence-electron chi connectivity index (χ4n) is 3.11. The van der Waals surface area contributed by atoms with E-state index in [1.165, 1.54) is 5.56 Å². The van der Waals surface area contributed by atoms with Gasteiger partial charge in [0, 0.05) is 57.5 Å². The quantitative estimate of drug-likeness (QED) is 0.797. The van der Waals surface area contributed by atoms with Gasteiger partial charge >= 0.3 is 0 Å². The molecule has 0 aliphatic carbocycles. The van der Waals surface area contributed by atoms with Gasteiger partial charge in [0.05, 0.1) is 0 Å². The third-order valence-corrected chi connectivity index (χ3v) is 4.18. The van der Waals surface area contributed by atoms with Crippen LogP contribution in [0.3, 0.4) is 0 Å². The molecule has 1 aliphatic heterocycles. The number of aromatic nitrogens is 4. The Morgan fingerprint density at radius 3 is 3.09 bits per heavy atom. The van der Waals surface area contributed by atoms with Crippen LogP contribution in [0.4, 0.5) is 5.82 Å². The summed E-state index contributed by atoms with van der Waals surface area (Å²) >= 11 is 0. The van der Waals surface area contributed by atoms with Crippen LogP contribution >= 0.6 is 0 Å². The van der Waals surface area contributed by atoms with Gasteiger partial charge in [-0.05, 0) is 30.2 Å². The average Bonchev–Trinajstić information content (AvgIpc) is 3.21. The Hall–Kier alpha value is -2.34. The zero-order chi connectivity index (χ0) is 14.9. The number of aryl methyl sites for hydroxylation is 1. The molecule has 0 spiro atoms. The highest BCUT2D eigenvalue weighted by Crippen LogP contribution is 2.17. The van der Waals surface area contributed by atoms with Crippen LogP contribution in [0.2, 0.25) is 0 Å². The standard InChI is InChI=1S/C16H20N6/c1-20-7-4-13(10-20)11-21-8-5-14(12-21)18-15-2-3-16-17-6-9-22(16)19-15/h2-4,6-7,9-10,14H,5,8,11-12H2,1H3,(H,18,19). The van der Waals surface area contributed by atoms with Crippen molar-refractivity contribution in [2.75, 3.05) is 18.4 Å². The Morgan fingerprint density at radius 2 is 2.23 bits per heavy atom. The Labute approximate surface area is 129 Å². The van der Waals surface area contributed by atoms with Gasteiger partial charge < -0.3 is 9.88 Å². The Balaban J connectivity index is 1.38. The summed E-state index contributed by atoms with van der Waals surface area (Å²) in [6.45, 7) is 3.20. The van der Waals surface area contributed by atoms with E-state index in [9.17, 15) is 0 Å². The summed E-state index contributed by atoms with van der Waals surface area (Å²) in [4.78, 5) is 6.70. The normalized spacial score (nSPS) is 19.0. The molecular formula is C16H20N6. The second-order valence-electron chi connectivity index (χ2n) is 6.00. The molecule has 1 fully saturated rings. The lowest BCUT2D eigenvalue weighted by Gasteiger charge is -2.16. The lowest BCUT2D eigenvalue weighted by molar-refractivity contribution is 0.328. The molecule has 0 bridgehead atoms. The molecule has 1 unspecified atom stereocenters. The predicted octanol–water partition coefficient (Wildman–Crippen LogP) is 1.75. The van der Waals surface area contributed by atoms with Gasteiger partial charge in [-0.3, -0.25) is 4.90 Å². The molecule has 1 N–H and O–H groups in total. The van der Waals surface area contributed by atoms with Gasteiger partial charge in [0.2, 0.25) is 0 Å². The zero-order valence-electron chi connectivity index (χ0n) is 12.7. The van der Waals surface area contributed by atoms with Crippen LogP contribution in [0.1, 0.15) is 12.0 Å². The maximum absolute atomic E-state index is 4.53. The summed E-state index contributed by atoms with van der Waals surface area (Å²) in [7, 11) is 2.07. The van der Waals surface area contributed by atoms with E-state index in [0.29, 0.717) is 6.04 Å². The van der Waals surface area contributed by atoms with E-state index < -0.39 is 0 Å². The van der Waals surface area contributed by atoms with Crippen LogP contribution in [0, 0.1) is 0 Å². The van der Waals surface area contributed by atoms with Crippen molar-refractivity contribution in [3.8, 4) is 0 Å². The molecular weight excluding hydrogens is 276 g/mol. The predicted molar refractivity (Wildman–Crippen MR) is 85.7 cm³/mol. The lowest BCUT2D eigenvalue weighted by atomic mass is 10.2. The lowest BCUT2D eigenvalue weighted by Crippen LogP contribution is -2.26. The van der Waals surface area contributed by atoms with E-state index in [-0.39, 0.29) is 0 Å². The molecule has 22 heavy (non-hydrogen) atoms. The number of imidazole rings is 1. The highest BCUT2D eigenvalue weighted by molar-refractivity contribution is 5.44. The molecule has 0 amide bonds. The van der Waals surface area contributed by atoms with Crippen molar-refractivity contribution in [1.82, 2.24) is 24.1 Å². The highest BCUT2D eigenvalue weighted by Gasteiger charge is 2.22. The van der Waals surface area contributed by atoms with Crippen molar-refractivity contribution in [1.29, 1.82) is 0 Å². The first-order valence-corrected chi connectivity index (χ1v) is 7.66. The smallest absolute Gasteiger partial charge is 0.153 e. The molecule has 0 aromatic carbocycles. The summed E-state index contributed by atoms with van der Waals surface area (Å²) in [5.74, 6) is 0.914. The van der Waals surface area contributed by atoms with Crippen molar-refractivity contribution in [2.24, 2.45) is 7.05 Å². The second-order valence-corrected chi connectivity index (χ2v) is 6.00. The summed E-state index contributed by atoms with van der Waals surface area (Å²) in [5, 5.41) is 8.07. The first-order chi connectivity index (χ1) is 10.8. The topological polar surface area (TPSA) is 50.4 Å². The van der Waals surface area contributed by atoms with Gasteiger partial charge in [-0.15, -0.1) is 5.10 Å². The van der Waals surface area contributed by atoms with Crippen LogP contribution in [0.15, 0.2) is 43.0 Å². The summed E-state index contributed by atoms with van der Waals surface area (Å²) in [5.41, 5.74) is 2.25. The van der Waals surface area contributed by atoms with Crippen molar-refractivity contribution in [2.45, 2.75) is 19.0 Å². The summed E-state index contributed by atoms with van der Waals surface area (Å²) < 4.78 is 3.91. The molecule has 4 heterocycles. The van der Waals surface area contributed by atoms with E-state index >= 15 is 0 Å². The Morgan fingerprint density at radius 1 is 1.27 bits per heavy atom. The number of likely N-dealkylation sites (tertiary alicyclic amines) is 1. The zero-order valence-corrected chi connectivity index (χ0v) is 12.7. The van der Waals surface area contributed by atoms with E-state index in [2.05, 4.69) is 50.4 Å². The minimum Gasteiger partial charge on any atom is -0.365 e. The Bertz CT molecular complexity index is 774. The maximum atomic E-state index is 4.53. The number of nitrogens with zero attached hydrogens (tertiary/aromatic N) is 5. The first kappa shape index (κ1) is 13.3. The molecule has 114 valence electrons. The molecule has 3 aromatic rings. The van der Waals surface area contributed by atoms with Gasteiger partial charge in [0.15, 0.2) is 5.65 Å². The van der Waals surface area contributed by atoms with Gasteiger partial charge in [-0.1, -0.05) is 0 Å². The highest BCUT2D eigenvalue weighted by atomic mass is 15.3. The van der Waals surface area contributed by atoms with Crippen LogP contribution in [-0.4, -0.2) is 43.2 Å². The van der Waals surface area contributed by atoms with Crippen LogP contribution < -0.4 is 5.32 Å². The molecule has 1 saturated heterocycles. The first-order valence-electron chi connectivity index (χ1n) is 7.66. The minimum atomic E-state index is 0.456. The monoisotopic (exact) mass is 296 g/mol. The van der Waals surface area contributed by atoms with E-state index in [4.69, 9.17) is 0 Å². The second kappa shape index (κ2) is 5.46. The fourth-order valence-corrected chi connectivity index (χ4v) is 3.11. The number of rotatable bonds is 4. The minimum absolute atomic E-state index is 0.456. The van der Waals surface area contributed by atoms with Crippen molar-refractivity contribution in [3.63, 3.8) is 0 Å². The fraction of sp³-hybridized carbons (Fsp3) is 0.375. The third-order valence-electron chi connectivity index (χ3n) is 4.18. The van der Waals surface area contributed by atoms with Crippen molar-refractivity contribution < 1.29 is 0 Å². The number of anilines is 1. The molecule has 0 radical (unpaired) electrons. The largest absolute Gasteiger partial charge is 0.365 e. The molecule has 6 nitrogen and oxygen atoms in total. The third kappa shape index (κ3) is 2.69. The van der Waals surface area contributed by atoms with Crippen LogP contribution in [0.5, 0.6) is 0 Å². The summed E-state index contributed by atoms with van der Waals surface area (Å²) in [6.07, 6.45) is 9.08. The van der Waals surface area contributed by atoms with Crippen LogP contribution in [0.25, 0.3) is 5.65 Å². The molecule has 6 heteroatoms. The SMILES string of the molecule is Cn1ccc(CN2CCC(Nc3ccc4nccn4n3)C2)c1. The molecule has 3 aromatic heterocycles. The van der Waals surface area contributed by atoms with Gasteiger partial charge in [0.25, 0.3) is 0 Å². The van der Waals surface area contributed by atoms with Gasteiger partial charge in [-0.2, -0.15) is 0 Å².